The number of carbonyl (C=O) groups is 2. The zero-order valence-corrected chi connectivity index (χ0v) is 11.5. The van der Waals surface area contributed by atoms with Gasteiger partial charge < -0.3 is 10.2 Å². The van der Waals surface area contributed by atoms with Crippen LogP contribution in [0.15, 0.2) is 0 Å². The molecule has 0 aliphatic rings. The summed E-state index contributed by atoms with van der Waals surface area (Å²) in [5.74, 6) is -0.661. The predicted octanol–water partition coefficient (Wildman–Crippen LogP) is 3.55. The standard InChI is InChI=1S/C14H26O4/c1-3-11(6-5-7-13(15)16)8-9-12(4-2)10-14(17)18/h11-12H,3-10H2,1-2H3,(H,15,16)(H,17,18). The first-order valence-electron chi connectivity index (χ1n) is 6.93. The van der Waals surface area contributed by atoms with Gasteiger partial charge in [-0.05, 0) is 31.1 Å². The van der Waals surface area contributed by atoms with Gasteiger partial charge in [0.1, 0.15) is 0 Å². The molecular weight excluding hydrogens is 232 g/mol. The Morgan fingerprint density at radius 3 is 1.89 bits per heavy atom. The number of carboxylic acid groups (broad SMARTS) is 2. The van der Waals surface area contributed by atoms with Gasteiger partial charge in [0.15, 0.2) is 0 Å². The third kappa shape index (κ3) is 9.02. The fraction of sp³-hybridized carbons (Fsp3) is 0.857. The van der Waals surface area contributed by atoms with Crippen LogP contribution in [0.25, 0.3) is 0 Å². The largest absolute Gasteiger partial charge is 0.481 e. The molecule has 0 saturated carbocycles. The molecule has 0 aromatic carbocycles. The van der Waals surface area contributed by atoms with E-state index in [4.69, 9.17) is 10.2 Å². The van der Waals surface area contributed by atoms with Crippen LogP contribution in [0.1, 0.15) is 65.2 Å². The molecular formula is C14H26O4. The molecule has 0 heterocycles. The highest BCUT2D eigenvalue weighted by atomic mass is 16.4. The number of rotatable bonds is 11. The van der Waals surface area contributed by atoms with Gasteiger partial charge in [-0.2, -0.15) is 0 Å². The number of carboxylic acids is 2. The Morgan fingerprint density at radius 1 is 0.889 bits per heavy atom. The van der Waals surface area contributed by atoms with Crippen molar-refractivity contribution in [3.05, 3.63) is 0 Å². The maximum absolute atomic E-state index is 10.7. The first kappa shape index (κ1) is 16.9. The van der Waals surface area contributed by atoms with Gasteiger partial charge in [0.05, 0.1) is 0 Å². The van der Waals surface area contributed by atoms with Crippen molar-refractivity contribution >= 4 is 11.9 Å². The maximum atomic E-state index is 10.7. The van der Waals surface area contributed by atoms with Crippen LogP contribution in [-0.2, 0) is 9.59 Å². The zero-order valence-electron chi connectivity index (χ0n) is 11.5. The molecule has 2 atom stereocenters. The number of aliphatic carboxylic acids is 2. The average molecular weight is 258 g/mol. The smallest absolute Gasteiger partial charge is 0.303 e. The minimum Gasteiger partial charge on any atom is -0.481 e. The van der Waals surface area contributed by atoms with Crippen molar-refractivity contribution < 1.29 is 19.8 Å². The molecule has 0 spiro atoms. The lowest BCUT2D eigenvalue weighted by molar-refractivity contribution is -0.138. The summed E-state index contributed by atoms with van der Waals surface area (Å²) in [6.07, 6.45) is 6.05. The fourth-order valence-corrected chi connectivity index (χ4v) is 2.26. The van der Waals surface area contributed by atoms with Gasteiger partial charge in [-0.15, -0.1) is 0 Å². The van der Waals surface area contributed by atoms with Crippen molar-refractivity contribution in [1.29, 1.82) is 0 Å². The zero-order chi connectivity index (χ0) is 14.0. The van der Waals surface area contributed by atoms with E-state index < -0.39 is 11.9 Å². The first-order valence-corrected chi connectivity index (χ1v) is 6.93. The van der Waals surface area contributed by atoms with Gasteiger partial charge in [0.2, 0.25) is 0 Å². The molecule has 0 aliphatic heterocycles. The predicted molar refractivity (Wildman–Crippen MR) is 70.5 cm³/mol. The van der Waals surface area contributed by atoms with Crippen LogP contribution in [-0.4, -0.2) is 22.2 Å². The fourth-order valence-electron chi connectivity index (χ4n) is 2.26. The van der Waals surface area contributed by atoms with E-state index in [-0.39, 0.29) is 18.8 Å². The molecule has 106 valence electrons. The molecule has 0 aromatic rings. The van der Waals surface area contributed by atoms with Gasteiger partial charge in [-0.3, -0.25) is 9.59 Å². The molecule has 4 heteroatoms. The Bertz CT molecular complexity index is 250. The highest BCUT2D eigenvalue weighted by Gasteiger charge is 2.14. The maximum Gasteiger partial charge on any atom is 0.303 e. The summed E-state index contributed by atoms with van der Waals surface area (Å²) < 4.78 is 0. The lowest BCUT2D eigenvalue weighted by Crippen LogP contribution is -2.10. The van der Waals surface area contributed by atoms with Crippen LogP contribution in [0.4, 0.5) is 0 Å². The van der Waals surface area contributed by atoms with E-state index in [0.717, 1.165) is 38.5 Å². The number of hydrogen-bond acceptors (Lipinski definition) is 2. The Balaban J connectivity index is 3.89. The van der Waals surface area contributed by atoms with Crippen LogP contribution in [0.3, 0.4) is 0 Å². The molecule has 2 N–H and O–H groups in total. The van der Waals surface area contributed by atoms with E-state index in [1.54, 1.807) is 0 Å². The van der Waals surface area contributed by atoms with Gasteiger partial charge in [-0.1, -0.05) is 33.1 Å². The lowest BCUT2D eigenvalue weighted by atomic mass is 9.88. The summed E-state index contributed by atoms with van der Waals surface area (Å²) in [5.41, 5.74) is 0. The van der Waals surface area contributed by atoms with Gasteiger partial charge in [0.25, 0.3) is 0 Å². The lowest BCUT2D eigenvalue weighted by Gasteiger charge is -2.18. The summed E-state index contributed by atoms with van der Waals surface area (Å²) >= 11 is 0. The Kier molecular flexibility index (Phi) is 9.33. The molecule has 0 radical (unpaired) electrons. The van der Waals surface area contributed by atoms with Crippen molar-refractivity contribution in [3.63, 3.8) is 0 Å². The van der Waals surface area contributed by atoms with Crippen molar-refractivity contribution in [2.24, 2.45) is 11.8 Å². The molecule has 0 amide bonds. The third-order valence-corrected chi connectivity index (χ3v) is 3.60. The van der Waals surface area contributed by atoms with E-state index in [2.05, 4.69) is 6.92 Å². The summed E-state index contributed by atoms with van der Waals surface area (Å²) in [5, 5.41) is 17.4. The molecule has 0 rings (SSSR count). The van der Waals surface area contributed by atoms with Crippen LogP contribution < -0.4 is 0 Å². The quantitative estimate of drug-likeness (QED) is 0.594. The van der Waals surface area contributed by atoms with Gasteiger partial charge in [-0.25, -0.2) is 0 Å². The highest BCUT2D eigenvalue weighted by Crippen LogP contribution is 2.24. The molecule has 0 saturated heterocycles. The van der Waals surface area contributed by atoms with Gasteiger partial charge in [0, 0.05) is 12.8 Å². The van der Waals surface area contributed by atoms with E-state index in [1.165, 1.54) is 0 Å². The minimum atomic E-state index is -0.734. The summed E-state index contributed by atoms with van der Waals surface area (Å²) in [6.45, 7) is 4.14. The van der Waals surface area contributed by atoms with Crippen LogP contribution in [0.5, 0.6) is 0 Å². The van der Waals surface area contributed by atoms with E-state index in [9.17, 15) is 9.59 Å². The number of hydrogen-bond donors (Lipinski definition) is 2. The Hall–Kier alpha value is -1.06. The van der Waals surface area contributed by atoms with E-state index >= 15 is 0 Å². The van der Waals surface area contributed by atoms with Crippen molar-refractivity contribution in [2.75, 3.05) is 0 Å². The summed E-state index contributed by atoms with van der Waals surface area (Å²) in [6, 6.07) is 0. The SMILES string of the molecule is CCC(CCCC(=O)O)CCC(CC)CC(=O)O. The molecule has 0 aliphatic carbocycles. The van der Waals surface area contributed by atoms with Crippen molar-refractivity contribution in [2.45, 2.75) is 65.2 Å². The second-order valence-electron chi connectivity index (χ2n) is 5.01. The summed E-state index contributed by atoms with van der Waals surface area (Å²) in [4.78, 5) is 21.1. The topological polar surface area (TPSA) is 74.6 Å². The van der Waals surface area contributed by atoms with Crippen LogP contribution in [0, 0.1) is 11.8 Å². The van der Waals surface area contributed by atoms with Crippen LogP contribution in [0.2, 0.25) is 0 Å². The molecule has 4 nitrogen and oxygen atoms in total. The normalized spacial score (nSPS) is 14.1. The third-order valence-electron chi connectivity index (χ3n) is 3.60. The highest BCUT2D eigenvalue weighted by molar-refractivity contribution is 5.67. The molecule has 0 fully saturated rings. The van der Waals surface area contributed by atoms with E-state index in [0.29, 0.717) is 5.92 Å². The van der Waals surface area contributed by atoms with Crippen LogP contribution >= 0.6 is 0 Å². The van der Waals surface area contributed by atoms with E-state index in [1.807, 2.05) is 6.92 Å². The minimum absolute atomic E-state index is 0.239. The van der Waals surface area contributed by atoms with Crippen molar-refractivity contribution in [3.8, 4) is 0 Å². The Morgan fingerprint density at radius 2 is 1.44 bits per heavy atom. The molecule has 0 bridgehead atoms. The second kappa shape index (κ2) is 9.92. The average Bonchev–Trinajstić information content (AvgIpc) is 2.30. The monoisotopic (exact) mass is 258 g/mol. The second-order valence-corrected chi connectivity index (χ2v) is 5.01. The first-order chi connectivity index (χ1) is 8.49. The molecule has 2 unspecified atom stereocenters. The summed E-state index contributed by atoms with van der Waals surface area (Å²) in [7, 11) is 0. The Labute approximate surface area is 109 Å². The van der Waals surface area contributed by atoms with Gasteiger partial charge >= 0.3 is 11.9 Å². The molecule has 18 heavy (non-hydrogen) atoms. The molecule has 0 aromatic heterocycles. The van der Waals surface area contributed by atoms with Crippen molar-refractivity contribution in [1.82, 2.24) is 0 Å².